The van der Waals surface area contributed by atoms with E-state index in [1.807, 2.05) is 0 Å². The van der Waals surface area contributed by atoms with Crippen molar-refractivity contribution in [2.75, 3.05) is 17.3 Å². The van der Waals surface area contributed by atoms with Crippen LogP contribution in [0.25, 0.3) is 11.3 Å². The second-order valence-electron chi connectivity index (χ2n) is 7.90. The molecule has 164 valence electrons. The molecule has 1 aliphatic carbocycles. The van der Waals surface area contributed by atoms with Gasteiger partial charge in [-0.25, -0.2) is 0 Å². The van der Waals surface area contributed by atoms with Crippen LogP contribution in [0.5, 0.6) is 0 Å². The van der Waals surface area contributed by atoms with Gasteiger partial charge in [-0.05, 0) is 0 Å². The second-order valence-corrected chi connectivity index (χ2v) is 10.5. The van der Waals surface area contributed by atoms with Gasteiger partial charge in [0.25, 0.3) is 0 Å². The number of anilines is 2. The molecule has 5 rings (SSSR count). The molecular weight excluding hydrogens is 467 g/mol. The molecule has 4 heterocycles. The van der Waals surface area contributed by atoms with Crippen LogP contribution in [0.3, 0.4) is 0 Å². The topological polar surface area (TPSA) is 93.0 Å². The molecule has 1 saturated carbocycles. The summed E-state index contributed by atoms with van der Waals surface area (Å²) in [5, 5.41) is 7.28. The van der Waals surface area contributed by atoms with Gasteiger partial charge in [-0.15, -0.1) is 0 Å². The number of nitrogens with one attached hydrogen (secondary N) is 1. The quantitative estimate of drug-likeness (QED) is 0.406. The Bertz CT molecular complexity index is 1420. The number of nitrogens with zero attached hydrogens (tertiary/aromatic N) is 5. The molecule has 32 heavy (non-hydrogen) atoms. The number of aromatic nitrogens is 4. The first kappa shape index (κ1) is 15.8. The molecule has 1 atom stereocenters. The van der Waals surface area contributed by atoms with E-state index in [4.69, 9.17) is 6.85 Å². The number of pyridine rings is 2. The van der Waals surface area contributed by atoms with Crippen molar-refractivity contribution in [3.05, 3.63) is 41.9 Å². The summed E-state index contributed by atoms with van der Waals surface area (Å²) in [5.41, 5.74) is 2.47. The summed E-state index contributed by atoms with van der Waals surface area (Å²) < 4.78 is 42.9. The number of carbonyl (C=O) groups is 2. The predicted octanol–water partition coefficient (Wildman–Crippen LogP) is 1.16. The van der Waals surface area contributed by atoms with Crippen LogP contribution in [-0.2, 0) is 18.3 Å². The number of ketones is 1. The van der Waals surface area contributed by atoms with E-state index >= 15 is 0 Å². The van der Waals surface area contributed by atoms with E-state index in [0.717, 1.165) is 18.4 Å². The molecule has 0 spiro atoms. The summed E-state index contributed by atoms with van der Waals surface area (Å²) in [6, 6.07) is 3.41. The Morgan fingerprint density at radius 1 is 1.34 bits per heavy atom. The van der Waals surface area contributed by atoms with Gasteiger partial charge in [-0.2, -0.15) is 0 Å². The Morgan fingerprint density at radius 2 is 2.19 bits per heavy atom. The van der Waals surface area contributed by atoms with Crippen molar-refractivity contribution in [1.82, 2.24) is 19.7 Å². The van der Waals surface area contributed by atoms with Gasteiger partial charge in [0.2, 0.25) is 0 Å². The minimum absolute atomic E-state index is 0.0376. The third-order valence-electron chi connectivity index (χ3n) is 5.45. The van der Waals surface area contributed by atoms with Crippen molar-refractivity contribution in [2.24, 2.45) is 13.0 Å². The number of rotatable bonds is 6. The van der Waals surface area contributed by atoms with Gasteiger partial charge in [-0.3, -0.25) is 0 Å². The SMILES string of the molecule is [2H]C([2H])([2H])CC(=O)c1cnc(NC(=O)C2CC2)cc1[AsH]c1nccc2c1N(C)C([2H])([2H])c1cn(C)nc1-2. The van der Waals surface area contributed by atoms with Crippen LogP contribution in [-0.4, -0.2) is 54.2 Å². The molecule has 3 aromatic heterocycles. The molecular formula is C23H25AsN6O2. The van der Waals surface area contributed by atoms with Crippen molar-refractivity contribution >= 4 is 47.8 Å². The van der Waals surface area contributed by atoms with E-state index in [1.165, 1.54) is 11.1 Å². The fraction of sp³-hybridized carbons (Fsp3) is 0.348. The number of aryl methyl sites for hydroxylation is 1. The molecule has 0 radical (unpaired) electrons. The van der Waals surface area contributed by atoms with Crippen molar-refractivity contribution in [2.45, 2.75) is 32.6 Å². The minimum atomic E-state index is -2.44. The fourth-order valence-corrected chi connectivity index (χ4v) is 6.59. The second kappa shape index (κ2) is 8.17. The molecule has 0 saturated heterocycles. The van der Waals surface area contributed by atoms with E-state index in [2.05, 4.69) is 20.4 Å². The third-order valence-corrected chi connectivity index (χ3v) is 8.15. The van der Waals surface area contributed by atoms with Gasteiger partial charge in [0.1, 0.15) is 0 Å². The summed E-state index contributed by atoms with van der Waals surface area (Å²) in [6.45, 7) is -4.29. The zero-order valence-electron chi connectivity index (χ0n) is 22.6. The Morgan fingerprint density at radius 3 is 2.97 bits per heavy atom. The zero-order chi connectivity index (χ0) is 26.7. The molecule has 8 nitrogen and oxygen atoms in total. The van der Waals surface area contributed by atoms with E-state index in [0.29, 0.717) is 31.6 Å². The van der Waals surface area contributed by atoms with Gasteiger partial charge in [-0.1, -0.05) is 0 Å². The average Bonchev–Trinajstić information content (AvgIpc) is 3.58. The Hall–Kier alpha value is -2.99. The van der Waals surface area contributed by atoms with Crippen LogP contribution in [0.4, 0.5) is 11.5 Å². The number of carbonyl (C=O) groups excluding carboxylic acids is 2. The standard InChI is InChI=1S/C23H25AsN6O2/c1-4-18(31)16-10-26-19(27-23(32)13-5-6-13)9-17(16)24-22-21-15(7-8-25-22)20-14(11-29(21)2)12-30(3)28-20/h7-10,12-13,24H,4-6,11H2,1-3H3,(H,26,27,32)/i1D3,11D2. The number of hydrogen-bond donors (Lipinski definition) is 1. The van der Waals surface area contributed by atoms with Crippen LogP contribution in [0.1, 0.15) is 48.9 Å². The number of fused-ring (bicyclic) bond motifs is 3. The van der Waals surface area contributed by atoms with Gasteiger partial charge >= 0.3 is 200 Å². The molecule has 0 aromatic carbocycles. The predicted molar refractivity (Wildman–Crippen MR) is 125 cm³/mol. The summed E-state index contributed by atoms with van der Waals surface area (Å²) >= 11 is -1.41. The summed E-state index contributed by atoms with van der Waals surface area (Å²) in [6.07, 6.45) is 5.63. The Balaban J connectivity index is 1.59. The van der Waals surface area contributed by atoms with Crippen LogP contribution >= 0.6 is 0 Å². The van der Waals surface area contributed by atoms with Crippen LogP contribution in [0.2, 0.25) is 0 Å². The monoisotopic (exact) mass is 497 g/mol. The summed E-state index contributed by atoms with van der Waals surface area (Å²) in [4.78, 5) is 35.6. The zero-order valence-corrected chi connectivity index (χ0v) is 19.7. The van der Waals surface area contributed by atoms with Crippen LogP contribution in [0.15, 0.2) is 30.7 Å². The fourth-order valence-electron chi connectivity index (χ4n) is 3.73. The Kier molecular flexibility index (Phi) is 4.02. The van der Waals surface area contributed by atoms with Crippen LogP contribution in [0, 0.1) is 5.92 Å². The van der Waals surface area contributed by atoms with Crippen molar-refractivity contribution in [3.63, 3.8) is 0 Å². The number of amides is 1. The van der Waals surface area contributed by atoms with Crippen molar-refractivity contribution in [3.8, 4) is 11.3 Å². The first-order chi connectivity index (χ1) is 17.3. The molecule has 2 aliphatic rings. The first-order valence-electron chi connectivity index (χ1n) is 12.7. The van der Waals surface area contributed by atoms with Crippen molar-refractivity contribution < 1.29 is 16.4 Å². The molecule has 0 bridgehead atoms. The van der Waals surface area contributed by atoms with Gasteiger partial charge in [0, 0.05) is 0 Å². The summed E-state index contributed by atoms with van der Waals surface area (Å²) in [7, 11) is 3.39. The molecule has 9 heteroatoms. The maximum atomic E-state index is 13.0. The van der Waals surface area contributed by atoms with Crippen molar-refractivity contribution in [1.29, 1.82) is 0 Å². The van der Waals surface area contributed by atoms with Crippen LogP contribution < -0.4 is 19.0 Å². The van der Waals surface area contributed by atoms with E-state index in [9.17, 15) is 9.59 Å². The van der Waals surface area contributed by atoms with E-state index in [1.54, 1.807) is 43.3 Å². The molecule has 3 aromatic rings. The Labute approximate surface area is 200 Å². The average molecular weight is 497 g/mol. The summed E-state index contributed by atoms with van der Waals surface area (Å²) in [5.74, 6) is -0.441. The third kappa shape index (κ3) is 3.84. The van der Waals surface area contributed by atoms with E-state index < -0.39 is 41.3 Å². The first-order valence-corrected chi connectivity index (χ1v) is 12.3. The number of Topliss-reactive ketones (excluding diaryl/α,β-unsaturated/α-hetero) is 1. The maximum absolute atomic E-state index is 13.0. The normalized spacial score (nSPS) is 19.3. The molecule has 1 unspecified atom stereocenters. The van der Waals surface area contributed by atoms with Gasteiger partial charge in [0.15, 0.2) is 0 Å². The van der Waals surface area contributed by atoms with Gasteiger partial charge < -0.3 is 0 Å². The molecule has 1 N–H and O–H groups in total. The molecule has 1 fully saturated rings. The molecule has 1 aliphatic heterocycles. The molecule has 1 amide bonds. The van der Waals surface area contributed by atoms with E-state index in [-0.39, 0.29) is 17.4 Å². The van der Waals surface area contributed by atoms with Gasteiger partial charge in [0.05, 0.1) is 0 Å². The number of hydrogen-bond acceptors (Lipinski definition) is 6.